The normalized spacial score (nSPS) is 14.1. The van der Waals surface area contributed by atoms with Crippen molar-refractivity contribution >= 4 is 34.0 Å². The molecule has 1 saturated heterocycles. The number of nitrogens with one attached hydrogen (secondary N) is 1. The number of ketones is 1. The Morgan fingerprint density at radius 1 is 0.949 bits per heavy atom. The lowest BCUT2D eigenvalue weighted by Crippen LogP contribution is -2.46. The van der Waals surface area contributed by atoms with Crippen LogP contribution in [0.3, 0.4) is 0 Å². The third-order valence-electron chi connectivity index (χ3n) is 7.28. The first-order valence-electron chi connectivity index (χ1n) is 13.3. The van der Waals surface area contributed by atoms with Gasteiger partial charge in [0.1, 0.15) is 12.1 Å². The number of anilines is 2. The van der Waals surface area contributed by atoms with Crippen LogP contribution in [0.4, 0.5) is 11.5 Å². The second kappa shape index (κ2) is 11.1. The van der Waals surface area contributed by atoms with Gasteiger partial charge in [-0.15, -0.1) is 10.2 Å². The molecule has 0 bridgehead atoms. The summed E-state index contributed by atoms with van der Waals surface area (Å²) in [6, 6.07) is 23.2. The summed E-state index contributed by atoms with van der Waals surface area (Å²) in [7, 11) is 1.69. The molecular formula is C30H31N7O2. The smallest absolute Gasteiger partial charge is 0.203 e. The van der Waals surface area contributed by atoms with Crippen molar-refractivity contribution in [2.24, 2.45) is 0 Å². The Balaban J connectivity index is 1.07. The predicted molar refractivity (Wildman–Crippen MR) is 153 cm³/mol. The van der Waals surface area contributed by atoms with Crippen molar-refractivity contribution in [3.63, 3.8) is 0 Å². The van der Waals surface area contributed by atoms with Crippen LogP contribution in [0, 0.1) is 0 Å². The first kappa shape index (κ1) is 24.8. The highest BCUT2D eigenvalue weighted by Crippen LogP contribution is 2.23. The summed E-state index contributed by atoms with van der Waals surface area (Å²) in [5.74, 6) is 1.56. The first-order chi connectivity index (χ1) is 19.2. The third-order valence-corrected chi connectivity index (χ3v) is 7.28. The molecule has 1 aliphatic rings. The molecule has 198 valence electrons. The van der Waals surface area contributed by atoms with E-state index in [0.29, 0.717) is 22.6 Å². The molecule has 6 rings (SSSR count). The van der Waals surface area contributed by atoms with Crippen LogP contribution in [-0.4, -0.2) is 76.6 Å². The number of fused-ring (bicyclic) bond motifs is 3. The van der Waals surface area contributed by atoms with Crippen molar-refractivity contribution in [1.29, 1.82) is 0 Å². The topological polar surface area (TPSA) is 87.9 Å². The fourth-order valence-corrected chi connectivity index (χ4v) is 5.10. The van der Waals surface area contributed by atoms with E-state index in [1.54, 1.807) is 13.4 Å². The van der Waals surface area contributed by atoms with E-state index in [2.05, 4.69) is 37.4 Å². The Labute approximate surface area is 227 Å². The van der Waals surface area contributed by atoms with E-state index in [4.69, 9.17) is 9.72 Å². The average molecular weight is 522 g/mol. The maximum Gasteiger partial charge on any atom is 0.203 e. The van der Waals surface area contributed by atoms with Crippen LogP contribution in [0.2, 0.25) is 0 Å². The zero-order valence-corrected chi connectivity index (χ0v) is 22.0. The van der Waals surface area contributed by atoms with Gasteiger partial charge in [0, 0.05) is 49.5 Å². The van der Waals surface area contributed by atoms with Crippen LogP contribution in [0.25, 0.3) is 16.7 Å². The lowest BCUT2D eigenvalue weighted by Gasteiger charge is -2.36. The van der Waals surface area contributed by atoms with Gasteiger partial charge in [-0.25, -0.2) is 4.98 Å². The van der Waals surface area contributed by atoms with Crippen LogP contribution >= 0.6 is 0 Å². The summed E-state index contributed by atoms with van der Waals surface area (Å²) in [4.78, 5) is 22.7. The number of hydrogen-bond donors (Lipinski definition) is 1. The van der Waals surface area contributed by atoms with Crippen LogP contribution in [0.5, 0.6) is 5.75 Å². The van der Waals surface area contributed by atoms with E-state index < -0.39 is 0 Å². The molecule has 0 spiro atoms. The second-order valence-electron chi connectivity index (χ2n) is 9.69. The van der Waals surface area contributed by atoms with Crippen LogP contribution < -0.4 is 15.0 Å². The van der Waals surface area contributed by atoms with E-state index in [0.717, 1.165) is 62.5 Å². The van der Waals surface area contributed by atoms with Crippen molar-refractivity contribution in [2.75, 3.05) is 56.6 Å². The molecule has 0 saturated carbocycles. The van der Waals surface area contributed by atoms with Gasteiger partial charge in [0.05, 0.1) is 18.1 Å². The molecule has 9 nitrogen and oxygen atoms in total. The maximum absolute atomic E-state index is 13.0. The number of aromatic nitrogens is 4. The second-order valence-corrected chi connectivity index (χ2v) is 9.69. The van der Waals surface area contributed by atoms with Crippen molar-refractivity contribution in [3.05, 3.63) is 90.3 Å². The first-order valence-corrected chi connectivity index (χ1v) is 13.3. The molecule has 1 aliphatic heterocycles. The molecule has 9 heteroatoms. The summed E-state index contributed by atoms with van der Waals surface area (Å²) >= 11 is 0. The molecule has 0 aliphatic carbocycles. The fraction of sp³-hybridized carbons (Fsp3) is 0.267. The fourth-order valence-electron chi connectivity index (χ4n) is 5.10. The minimum atomic E-state index is -0.0224. The van der Waals surface area contributed by atoms with E-state index >= 15 is 0 Å². The number of carbonyl (C=O) groups excluding carboxylic acids is 1. The Morgan fingerprint density at radius 2 is 1.74 bits per heavy atom. The number of carbonyl (C=O) groups is 1. The summed E-state index contributed by atoms with van der Waals surface area (Å²) in [6.07, 6.45) is 2.66. The van der Waals surface area contributed by atoms with Crippen molar-refractivity contribution in [1.82, 2.24) is 24.5 Å². The van der Waals surface area contributed by atoms with E-state index in [1.807, 2.05) is 65.1 Å². The van der Waals surface area contributed by atoms with E-state index in [-0.39, 0.29) is 5.78 Å². The molecule has 2 aromatic heterocycles. The number of benzene rings is 3. The minimum absolute atomic E-state index is 0.0224. The lowest BCUT2D eigenvalue weighted by molar-refractivity contribution is 0.103. The molecule has 3 heterocycles. The Hall–Kier alpha value is -4.50. The monoisotopic (exact) mass is 521 g/mol. The summed E-state index contributed by atoms with van der Waals surface area (Å²) < 4.78 is 7.16. The summed E-state index contributed by atoms with van der Waals surface area (Å²) in [6.45, 7) is 5.91. The molecule has 0 radical (unpaired) electrons. The number of nitrogens with zero attached hydrogens (tertiary/aromatic N) is 6. The van der Waals surface area contributed by atoms with Crippen LogP contribution in [0.1, 0.15) is 22.3 Å². The highest BCUT2D eigenvalue weighted by atomic mass is 16.5. The molecule has 39 heavy (non-hydrogen) atoms. The zero-order chi connectivity index (χ0) is 26.6. The molecule has 0 atom stereocenters. The van der Waals surface area contributed by atoms with Gasteiger partial charge >= 0.3 is 0 Å². The Kier molecular flexibility index (Phi) is 7.05. The number of piperazine rings is 1. The van der Waals surface area contributed by atoms with Crippen molar-refractivity contribution < 1.29 is 9.53 Å². The molecule has 0 unspecified atom stereocenters. The standard InChI is InChI=1S/C30H31N7O2/c1-39-25-11-9-24(10-12-25)36-18-16-35(17-19-36)15-5-14-31-29-30-34-32-21-37(30)27-20-23(8-13-26(27)33-29)28(38)22-6-3-2-4-7-22/h2-4,6-13,20-21H,5,14-19H2,1H3,(H,31,33). The lowest BCUT2D eigenvalue weighted by atomic mass is 10.0. The highest BCUT2D eigenvalue weighted by Gasteiger charge is 2.18. The summed E-state index contributed by atoms with van der Waals surface area (Å²) in [5, 5.41) is 11.9. The maximum atomic E-state index is 13.0. The molecule has 3 aromatic carbocycles. The Morgan fingerprint density at radius 3 is 2.51 bits per heavy atom. The number of rotatable bonds is 9. The number of methoxy groups -OCH3 is 1. The van der Waals surface area contributed by atoms with Gasteiger partial charge in [-0.1, -0.05) is 30.3 Å². The van der Waals surface area contributed by atoms with Gasteiger partial charge in [0.2, 0.25) is 5.65 Å². The van der Waals surface area contributed by atoms with Gasteiger partial charge < -0.3 is 15.0 Å². The van der Waals surface area contributed by atoms with Gasteiger partial charge in [0.25, 0.3) is 0 Å². The molecule has 0 amide bonds. The molecule has 1 N–H and O–H groups in total. The SMILES string of the molecule is COc1ccc(N2CCN(CCCNc3nc4ccc(C(=O)c5ccccc5)cc4n4cnnc34)CC2)cc1. The molecule has 1 fully saturated rings. The quantitative estimate of drug-likeness (QED) is 0.229. The molecule has 5 aromatic rings. The highest BCUT2D eigenvalue weighted by molar-refractivity contribution is 6.10. The van der Waals surface area contributed by atoms with E-state index in [9.17, 15) is 4.79 Å². The Bertz CT molecular complexity index is 1580. The van der Waals surface area contributed by atoms with Gasteiger partial charge in [-0.05, 0) is 55.4 Å². The predicted octanol–water partition coefficient (Wildman–Crippen LogP) is 4.14. The van der Waals surface area contributed by atoms with Gasteiger partial charge in [-0.3, -0.25) is 14.1 Å². The van der Waals surface area contributed by atoms with Gasteiger partial charge in [0.15, 0.2) is 11.6 Å². The average Bonchev–Trinajstić information content (AvgIpc) is 3.50. The third kappa shape index (κ3) is 5.26. The number of hydrogen-bond acceptors (Lipinski definition) is 8. The molecular weight excluding hydrogens is 490 g/mol. The van der Waals surface area contributed by atoms with Crippen LogP contribution in [0.15, 0.2) is 79.1 Å². The van der Waals surface area contributed by atoms with Gasteiger partial charge in [-0.2, -0.15) is 0 Å². The number of ether oxygens (including phenoxy) is 1. The van der Waals surface area contributed by atoms with E-state index in [1.165, 1.54) is 5.69 Å². The van der Waals surface area contributed by atoms with Crippen molar-refractivity contribution in [3.8, 4) is 5.75 Å². The largest absolute Gasteiger partial charge is 0.497 e. The van der Waals surface area contributed by atoms with Crippen LogP contribution in [-0.2, 0) is 0 Å². The summed E-state index contributed by atoms with van der Waals surface area (Å²) in [5.41, 5.74) is 4.75. The zero-order valence-electron chi connectivity index (χ0n) is 22.0. The minimum Gasteiger partial charge on any atom is -0.497 e. The van der Waals surface area contributed by atoms with Crippen molar-refractivity contribution in [2.45, 2.75) is 6.42 Å².